The first-order valence-corrected chi connectivity index (χ1v) is 8.57. The summed E-state index contributed by atoms with van der Waals surface area (Å²) in [7, 11) is 0. The summed E-state index contributed by atoms with van der Waals surface area (Å²) >= 11 is 1.92. The molecule has 0 bridgehead atoms. The minimum atomic E-state index is 0.650. The molecule has 0 aromatic carbocycles. The number of thioether (sulfide) groups is 1. The molecule has 0 aromatic rings. The normalized spacial score (nSPS) is 35.1. The standard InChI is InChI=1S/C15H28N2S/c1-11(2)8-14-10-18-15(17-14)16-9-13-7-5-4-6-12(13)3/h11-14H,4-10H2,1-3H3,(H,16,17). The smallest absolute Gasteiger partial charge is 0.156 e. The summed E-state index contributed by atoms with van der Waals surface area (Å²) in [4.78, 5) is 4.82. The van der Waals surface area contributed by atoms with Gasteiger partial charge in [0.1, 0.15) is 0 Å². The van der Waals surface area contributed by atoms with Crippen molar-refractivity contribution in [2.45, 2.75) is 58.9 Å². The fourth-order valence-electron chi connectivity index (χ4n) is 3.09. The van der Waals surface area contributed by atoms with Gasteiger partial charge in [0.15, 0.2) is 5.17 Å². The summed E-state index contributed by atoms with van der Waals surface area (Å²) in [6.07, 6.45) is 6.91. The maximum absolute atomic E-state index is 4.82. The van der Waals surface area contributed by atoms with E-state index in [1.165, 1.54) is 43.0 Å². The molecule has 1 N–H and O–H groups in total. The molecule has 104 valence electrons. The molecular formula is C15H28N2S. The van der Waals surface area contributed by atoms with Gasteiger partial charge in [-0.05, 0) is 30.6 Å². The number of rotatable bonds is 4. The van der Waals surface area contributed by atoms with E-state index in [-0.39, 0.29) is 0 Å². The molecule has 18 heavy (non-hydrogen) atoms. The Bertz CT molecular complexity index is 288. The first kappa shape index (κ1) is 14.2. The van der Waals surface area contributed by atoms with E-state index in [9.17, 15) is 0 Å². The number of hydrogen-bond acceptors (Lipinski definition) is 2. The number of nitrogens with one attached hydrogen (secondary N) is 1. The van der Waals surface area contributed by atoms with Crippen LogP contribution in [0.4, 0.5) is 0 Å². The Hall–Kier alpha value is -0.180. The largest absolute Gasteiger partial charge is 0.361 e. The van der Waals surface area contributed by atoms with Gasteiger partial charge in [0.2, 0.25) is 0 Å². The van der Waals surface area contributed by atoms with E-state index in [0.29, 0.717) is 6.04 Å². The van der Waals surface area contributed by atoms with Crippen LogP contribution in [0.5, 0.6) is 0 Å². The van der Waals surface area contributed by atoms with Gasteiger partial charge in [-0.15, -0.1) is 0 Å². The predicted molar refractivity (Wildman–Crippen MR) is 82.3 cm³/mol. The quantitative estimate of drug-likeness (QED) is 0.835. The molecule has 0 amide bonds. The van der Waals surface area contributed by atoms with Crippen molar-refractivity contribution in [2.75, 3.05) is 12.3 Å². The van der Waals surface area contributed by atoms with Crippen molar-refractivity contribution < 1.29 is 0 Å². The van der Waals surface area contributed by atoms with Gasteiger partial charge in [-0.2, -0.15) is 0 Å². The van der Waals surface area contributed by atoms with Crippen LogP contribution in [0.25, 0.3) is 0 Å². The van der Waals surface area contributed by atoms with Gasteiger partial charge in [0, 0.05) is 18.3 Å². The van der Waals surface area contributed by atoms with E-state index in [0.717, 1.165) is 24.3 Å². The Morgan fingerprint density at radius 3 is 2.83 bits per heavy atom. The van der Waals surface area contributed by atoms with Crippen LogP contribution in [-0.4, -0.2) is 23.5 Å². The molecule has 0 spiro atoms. The van der Waals surface area contributed by atoms with Gasteiger partial charge in [-0.25, -0.2) is 0 Å². The van der Waals surface area contributed by atoms with Gasteiger partial charge in [0.25, 0.3) is 0 Å². The molecule has 1 saturated carbocycles. The third kappa shape index (κ3) is 4.18. The summed E-state index contributed by atoms with van der Waals surface area (Å²) in [5.74, 6) is 3.69. The van der Waals surface area contributed by atoms with Gasteiger partial charge in [-0.3, -0.25) is 4.99 Å². The highest BCUT2D eigenvalue weighted by atomic mass is 32.2. The van der Waals surface area contributed by atoms with Crippen LogP contribution in [0.15, 0.2) is 4.99 Å². The second-order valence-corrected chi connectivity index (χ2v) is 7.46. The Labute approximate surface area is 116 Å². The maximum atomic E-state index is 4.82. The van der Waals surface area contributed by atoms with Gasteiger partial charge >= 0.3 is 0 Å². The Balaban J connectivity index is 1.76. The topological polar surface area (TPSA) is 24.4 Å². The van der Waals surface area contributed by atoms with Crippen molar-refractivity contribution in [1.82, 2.24) is 5.32 Å². The second-order valence-electron chi connectivity index (χ2n) is 6.45. The van der Waals surface area contributed by atoms with Crippen molar-refractivity contribution in [3.8, 4) is 0 Å². The number of nitrogens with zero attached hydrogens (tertiary/aromatic N) is 1. The van der Waals surface area contributed by atoms with E-state index >= 15 is 0 Å². The fraction of sp³-hybridized carbons (Fsp3) is 0.933. The number of amidine groups is 1. The molecule has 1 aliphatic carbocycles. The molecule has 0 aromatic heterocycles. The average molecular weight is 268 g/mol. The highest BCUT2D eigenvalue weighted by Gasteiger charge is 2.23. The highest BCUT2D eigenvalue weighted by molar-refractivity contribution is 8.14. The van der Waals surface area contributed by atoms with E-state index < -0.39 is 0 Å². The molecule has 2 rings (SSSR count). The van der Waals surface area contributed by atoms with Gasteiger partial charge in [-0.1, -0.05) is 51.8 Å². The van der Waals surface area contributed by atoms with E-state index in [2.05, 4.69) is 26.1 Å². The Kier molecular flexibility index (Phi) is 5.40. The molecule has 2 aliphatic rings. The van der Waals surface area contributed by atoms with Crippen molar-refractivity contribution in [3.63, 3.8) is 0 Å². The van der Waals surface area contributed by atoms with Gasteiger partial charge < -0.3 is 5.32 Å². The lowest BCUT2D eigenvalue weighted by Gasteiger charge is -2.27. The molecule has 1 heterocycles. The zero-order valence-corrected chi connectivity index (χ0v) is 12.9. The molecule has 3 atom stereocenters. The minimum absolute atomic E-state index is 0.650. The average Bonchev–Trinajstić information content (AvgIpc) is 2.75. The zero-order chi connectivity index (χ0) is 13.0. The van der Waals surface area contributed by atoms with Crippen LogP contribution >= 0.6 is 11.8 Å². The second kappa shape index (κ2) is 6.83. The number of hydrogen-bond donors (Lipinski definition) is 1. The molecule has 2 fully saturated rings. The van der Waals surface area contributed by atoms with Crippen LogP contribution < -0.4 is 5.32 Å². The molecular weight excluding hydrogens is 240 g/mol. The highest BCUT2D eigenvalue weighted by Crippen LogP contribution is 2.30. The van der Waals surface area contributed by atoms with Crippen LogP contribution in [-0.2, 0) is 0 Å². The molecule has 3 heteroatoms. The third-order valence-electron chi connectivity index (χ3n) is 4.26. The first-order valence-electron chi connectivity index (χ1n) is 7.59. The van der Waals surface area contributed by atoms with Crippen molar-refractivity contribution >= 4 is 16.9 Å². The zero-order valence-electron chi connectivity index (χ0n) is 12.1. The van der Waals surface area contributed by atoms with Crippen LogP contribution in [0.3, 0.4) is 0 Å². The SMILES string of the molecule is CC(C)CC1CSC(=NCC2CCCCC2C)N1. The molecule has 1 aliphatic heterocycles. The molecule has 3 unspecified atom stereocenters. The fourth-order valence-corrected chi connectivity index (χ4v) is 4.08. The van der Waals surface area contributed by atoms with Crippen LogP contribution in [0, 0.1) is 17.8 Å². The third-order valence-corrected chi connectivity index (χ3v) is 5.35. The first-order chi connectivity index (χ1) is 8.65. The molecule has 2 nitrogen and oxygen atoms in total. The number of aliphatic imine (C=N–C) groups is 1. The lowest BCUT2D eigenvalue weighted by Crippen LogP contribution is -2.29. The van der Waals surface area contributed by atoms with Crippen LogP contribution in [0.2, 0.25) is 0 Å². The lowest BCUT2D eigenvalue weighted by atomic mass is 9.80. The predicted octanol–water partition coefficient (Wildman–Crippen LogP) is 3.92. The van der Waals surface area contributed by atoms with E-state index in [1.807, 2.05) is 11.8 Å². The monoisotopic (exact) mass is 268 g/mol. The Morgan fingerprint density at radius 1 is 1.33 bits per heavy atom. The maximum Gasteiger partial charge on any atom is 0.156 e. The van der Waals surface area contributed by atoms with Crippen molar-refractivity contribution in [3.05, 3.63) is 0 Å². The molecule has 0 radical (unpaired) electrons. The van der Waals surface area contributed by atoms with E-state index in [1.54, 1.807) is 0 Å². The van der Waals surface area contributed by atoms with Crippen molar-refractivity contribution in [1.29, 1.82) is 0 Å². The Morgan fingerprint density at radius 2 is 2.11 bits per heavy atom. The summed E-state index contributed by atoms with van der Waals surface area (Å²) in [5, 5.41) is 4.80. The minimum Gasteiger partial charge on any atom is -0.361 e. The van der Waals surface area contributed by atoms with Gasteiger partial charge in [0.05, 0.1) is 0 Å². The summed E-state index contributed by atoms with van der Waals surface area (Å²) in [6, 6.07) is 0.650. The van der Waals surface area contributed by atoms with Crippen LogP contribution in [0.1, 0.15) is 52.9 Å². The molecule has 1 saturated heterocycles. The summed E-state index contributed by atoms with van der Waals surface area (Å²) in [6.45, 7) is 8.04. The van der Waals surface area contributed by atoms with Crippen molar-refractivity contribution in [2.24, 2.45) is 22.7 Å². The summed E-state index contributed by atoms with van der Waals surface area (Å²) in [5.41, 5.74) is 0. The lowest BCUT2D eigenvalue weighted by molar-refractivity contribution is 0.264. The summed E-state index contributed by atoms with van der Waals surface area (Å²) < 4.78 is 0. The van der Waals surface area contributed by atoms with E-state index in [4.69, 9.17) is 4.99 Å².